The lowest BCUT2D eigenvalue weighted by Gasteiger charge is -2.22. The van der Waals surface area contributed by atoms with Crippen LogP contribution in [-0.4, -0.2) is 28.3 Å². The maximum Gasteiger partial charge on any atom is 0.114 e. The Kier molecular flexibility index (Phi) is 5.09. The number of rotatable bonds is 5. The van der Waals surface area contributed by atoms with Gasteiger partial charge in [0.2, 0.25) is 0 Å². The predicted molar refractivity (Wildman–Crippen MR) is 67.6 cm³/mol. The van der Waals surface area contributed by atoms with E-state index in [1.807, 2.05) is 6.20 Å². The fourth-order valence-corrected chi connectivity index (χ4v) is 2.79. The molecule has 0 aliphatic heterocycles. The molecule has 0 atom stereocenters. The first-order valence-corrected chi connectivity index (χ1v) is 7.06. The van der Waals surface area contributed by atoms with Crippen molar-refractivity contribution >= 4 is 11.8 Å². The van der Waals surface area contributed by atoms with E-state index in [0.717, 1.165) is 23.4 Å². The molecule has 1 aromatic rings. The summed E-state index contributed by atoms with van der Waals surface area (Å²) in [6, 6.07) is 0.760. The largest absolute Gasteiger partial charge is 0.313 e. The second-order valence-corrected chi connectivity index (χ2v) is 5.30. The van der Waals surface area contributed by atoms with Gasteiger partial charge in [-0.1, -0.05) is 19.3 Å². The van der Waals surface area contributed by atoms with Crippen LogP contribution in [0.3, 0.4) is 0 Å². The van der Waals surface area contributed by atoms with Gasteiger partial charge in [0.05, 0.1) is 6.20 Å². The molecular formula is C12H19N3S. The number of aromatic nitrogens is 2. The molecule has 0 aromatic carbocycles. The molecule has 0 bridgehead atoms. The summed E-state index contributed by atoms with van der Waals surface area (Å²) in [6.07, 6.45) is 12.2. The maximum atomic E-state index is 4.24. The van der Waals surface area contributed by atoms with Crippen LogP contribution in [-0.2, 0) is 0 Å². The smallest absolute Gasteiger partial charge is 0.114 e. The summed E-state index contributed by atoms with van der Waals surface area (Å²) in [7, 11) is 0. The standard InChI is InChI=1S/C12H19N3S/c1-2-4-11(5-3-1)14-8-9-16-12-10-13-6-7-15-12/h6-7,10-11,14H,1-5,8-9H2. The fraction of sp³-hybridized carbons (Fsp3) is 0.667. The molecule has 3 nitrogen and oxygen atoms in total. The van der Waals surface area contributed by atoms with E-state index in [-0.39, 0.29) is 0 Å². The van der Waals surface area contributed by atoms with Crippen molar-refractivity contribution in [2.75, 3.05) is 12.3 Å². The molecule has 0 saturated heterocycles. The van der Waals surface area contributed by atoms with Crippen molar-refractivity contribution in [2.45, 2.75) is 43.2 Å². The topological polar surface area (TPSA) is 37.8 Å². The first-order valence-electron chi connectivity index (χ1n) is 6.07. The molecule has 88 valence electrons. The van der Waals surface area contributed by atoms with E-state index in [4.69, 9.17) is 0 Å². The maximum absolute atomic E-state index is 4.24. The molecule has 1 aromatic heterocycles. The van der Waals surface area contributed by atoms with Crippen LogP contribution in [0.1, 0.15) is 32.1 Å². The van der Waals surface area contributed by atoms with Gasteiger partial charge < -0.3 is 5.32 Å². The highest BCUT2D eigenvalue weighted by Gasteiger charge is 2.11. The normalized spacial score (nSPS) is 17.5. The monoisotopic (exact) mass is 237 g/mol. The van der Waals surface area contributed by atoms with Crippen molar-refractivity contribution in [2.24, 2.45) is 0 Å². The van der Waals surface area contributed by atoms with Gasteiger partial charge in [0, 0.05) is 30.7 Å². The molecule has 4 heteroatoms. The first kappa shape index (κ1) is 11.9. The van der Waals surface area contributed by atoms with Gasteiger partial charge in [-0.25, -0.2) is 4.98 Å². The van der Waals surface area contributed by atoms with Crippen LogP contribution in [0.15, 0.2) is 23.6 Å². The molecule has 2 rings (SSSR count). The molecule has 0 radical (unpaired) electrons. The Morgan fingerprint density at radius 3 is 2.88 bits per heavy atom. The minimum atomic E-state index is 0.760. The molecule has 0 spiro atoms. The average Bonchev–Trinajstić information content (AvgIpc) is 2.37. The predicted octanol–water partition coefficient (Wildman–Crippen LogP) is 2.49. The van der Waals surface area contributed by atoms with E-state index in [0.29, 0.717) is 0 Å². The Labute approximate surface area is 101 Å². The average molecular weight is 237 g/mol. The van der Waals surface area contributed by atoms with Gasteiger partial charge in [0.25, 0.3) is 0 Å². The second kappa shape index (κ2) is 6.86. The van der Waals surface area contributed by atoms with Gasteiger partial charge in [0.15, 0.2) is 0 Å². The third-order valence-electron chi connectivity index (χ3n) is 2.93. The number of nitrogens with zero attached hydrogens (tertiary/aromatic N) is 2. The summed E-state index contributed by atoms with van der Waals surface area (Å²) in [4.78, 5) is 8.29. The summed E-state index contributed by atoms with van der Waals surface area (Å²) in [5.74, 6) is 1.08. The molecule has 1 heterocycles. The van der Waals surface area contributed by atoms with Crippen LogP contribution in [0.5, 0.6) is 0 Å². The Balaban J connectivity index is 1.58. The third-order valence-corrected chi connectivity index (χ3v) is 3.84. The van der Waals surface area contributed by atoms with Gasteiger partial charge in [-0.05, 0) is 12.8 Å². The van der Waals surface area contributed by atoms with Gasteiger partial charge in [0.1, 0.15) is 5.03 Å². The van der Waals surface area contributed by atoms with Crippen molar-refractivity contribution in [1.82, 2.24) is 15.3 Å². The number of thioether (sulfide) groups is 1. The van der Waals surface area contributed by atoms with Crippen molar-refractivity contribution < 1.29 is 0 Å². The molecule has 0 unspecified atom stereocenters. The summed E-state index contributed by atoms with van der Waals surface area (Å²) < 4.78 is 0. The summed E-state index contributed by atoms with van der Waals surface area (Å²) in [6.45, 7) is 1.08. The summed E-state index contributed by atoms with van der Waals surface area (Å²) in [5.41, 5.74) is 0. The van der Waals surface area contributed by atoms with Crippen LogP contribution < -0.4 is 5.32 Å². The zero-order chi connectivity index (χ0) is 11.1. The molecular weight excluding hydrogens is 218 g/mol. The second-order valence-electron chi connectivity index (χ2n) is 4.18. The van der Waals surface area contributed by atoms with Gasteiger partial charge in [-0.3, -0.25) is 4.98 Å². The van der Waals surface area contributed by atoms with Crippen molar-refractivity contribution in [3.05, 3.63) is 18.6 Å². The Hall–Kier alpha value is -0.610. The highest BCUT2D eigenvalue weighted by atomic mass is 32.2. The summed E-state index contributed by atoms with van der Waals surface area (Å²) >= 11 is 1.77. The van der Waals surface area contributed by atoms with E-state index in [2.05, 4.69) is 15.3 Å². The molecule has 1 N–H and O–H groups in total. The highest BCUT2D eigenvalue weighted by Crippen LogP contribution is 2.17. The van der Waals surface area contributed by atoms with E-state index in [1.54, 1.807) is 24.2 Å². The molecule has 1 saturated carbocycles. The highest BCUT2D eigenvalue weighted by molar-refractivity contribution is 7.99. The van der Waals surface area contributed by atoms with Crippen molar-refractivity contribution in [3.63, 3.8) is 0 Å². The van der Waals surface area contributed by atoms with Crippen LogP contribution in [0.4, 0.5) is 0 Å². The minimum absolute atomic E-state index is 0.760. The third kappa shape index (κ3) is 4.10. The van der Waals surface area contributed by atoms with Crippen molar-refractivity contribution in [1.29, 1.82) is 0 Å². The number of hydrogen-bond acceptors (Lipinski definition) is 4. The van der Waals surface area contributed by atoms with Crippen LogP contribution in [0.25, 0.3) is 0 Å². The minimum Gasteiger partial charge on any atom is -0.313 e. The summed E-state index contributed by atoms with van der Waals surface area (Å²) in [5, 5.41) is 4.64. The zero-order valence-electron chi connectivity index (χ0n) is 9.56. The molecule has 1 fully saturated rings. The number of nitrogens with one attached hydrogen (secondary N) is 1. The van der Waals surface area contributed by atoms with Crippen LogP contribution in [0.2, 0.25) is 0 Å². The molecule has 16 heavy (non-hydrogen) atoms. The van der Waals surface area contributed by atoms with Gasteiger partial charge in [-0.15, -0.1) is 11.8 Å². The Morgan fingerprint density at radius 1 is 1.25 bits per heavy atom. The molecule has 0 amide bonds. The van der Waals surface area contributed by atoms with Crippen molar-refractivity contribution in [3.8, 4) is 0 Å². The zero-order valence-corrected chi connectivity index (χ0v) is 10.4. The number of hydrogen-bond donors (Lipinski definition) is 1. The van der Waals surface area contributed by atoms with Crippen LogP contribution in [0, 0.1) is 0 Å². The van der Waals surface area contributed by atoms with E-state index < -0.39 is 0 Å². The lowest BCUT2D eigenvalue weighted by Crippen LogP contribution is -2.32. The lowest BCUT2D eigenvalue weighted by molar-refractivity contribution is 0.381. The first-order chi connectivity index (χ1) is 7.95. The van der Waals surface area contributed by atoms with Gasteiger partial charge in [-0.2, -0.15) is 0 Å². The van der Waals surface area contributed by atoms with Crippen LogP contribution >= 0.6 is 11.8 Å². The fourth-order valence-electron chi connectivity index (χ4n) is 2.09. The Morgan fingerprint density at radius 2 is 2.12 bits per heavy atom. The SMILES string of the molecule is c1cnc(SCCNC2CCCCC2)cn1. The Bertz CT molecular complexity index is 286. The van der Waals surface area contributed by atoms with E-state index in [9.17, 15) is 0 Å². The lowest BCUT2D eigenvalue weighted by atomic mass is 9.96. The molecule has 1 aliphatic carbocycles. The van der Waals surface area contributed by atoms with E-state index >= 15 is 0 Å². The van der Waals surface area contributed by atoms with E-state index in [1.165, 1.54) is 32.1 Å². The van der Waals surface area contributed by atoms with Gasteiger partial charge >= 0.3 is 0 Å². The quantitative estimate of drug-likeness (QED) is 0.631. The molecule has 1 aliphatic rings.